The summed E-state index contributed by atoms with van der Waals surface area (Å²) in [5.41, 5.74) is 10.0. The summed E-state index contributed by atoms with van der Waals surface area (Å²) in [5.74, 6) is -0.0769. The zero-order valence-corrected chi connectivity index (χ0v) is 11.8. The number of nitrogens with two attached hydrogens (primary N) is 2. The highest BCUT2D eigenvalue weighted by Gasteiger charge is 2.25. The van der Waals surface area contributed by atoms with Crippen LogP contribution in [0.5, 0.6) is 0 Å². The third kappa shape index (κ3) is 5.35. The lowest BCUT2D eigenvalue weighted by atomic mass is 9.86. The fourth-order valence-electron chi connectivity index (χ4n) is 1.41. The Morgan fingerprint density at radius 1 is 1.22 bits per heavy atom. The summed E-state index contributed by atoms with van der Waals surface area (Å²) in [6, 6.07) is 0. The maximum Gasteiger partial charge on any atom is 0.224 e. The molecule has 0 spiro atoms. The molecule has 0 atom stereocenters. The lowest BCUT2D eigenvalue weighted by molar-refractivity contribution is -0.125. The average Bonchev–Trinajstić information content (AvgIpc) is 2.26. The van der Waals surface area contributed by atoms with Crippen LogP contribution in [-0.2, 0) is 4.79 Å². The van der Waals surface area contributed by atoms with Crippen LogP contribution in [0.15, 0.2) is 5.16 Å². The van der Waals surface area contributed by atoms with Crippen LogP contribution in [0.3, 0.4) is 0 Å². The SMILES string of the molecule is CC(C)(CNCCCC(C)(C)C(N)=NO)C(N)=O. The molecule has 1 amide bonds. The van der Waals surface area contributed by atoms with Crippen molar-refractivity contribution in [3.05, 3.63) is 0 Å². The van der Waals surface area contributed by atoms with Gasteiger partial charge in [-0.3, -0.25) is 4.79 Å². The van der Waals surface area contributed by atoms with Gasteiger partial charge in [-0.15, -0.1) is 0 Å². The normalized spacial score (nSPS) is 13.7. The van der Waals surface area contributed by atoms with E-state index in [-0.39, 0.29) is 17.2 Å². The van der Waals surface area contributed by atoms with Crippen LogP contribution in [0.2, 0.25) is 0 Å². The molecule has 18 heavy (non-hydrogen) atoms. The standard InChI is InChI=1S/C12H26N4O2/c1-11(2,9(13)16-18)6-5-7-15-8-12(3,4)10(14)17/h15,18H,5-8H2,1-4H3,(H2,13,16)(H2,14,17). The predicted molar refractivity (Wildman–Crippen MR) is 72.3 cm³/mol. The van der Waals surface area contributed by atoms with E-state index in [1.807, 2.05) is 27.7 Å². The highest BCUT2D eigenvalue weighted by molar-refractivity contribution is 5.85. The number of carbonyl (C=O) groups excluding carboxylic acids is 1. The van der Waals surface area contributed by atoms with Gasteiger partial charge >= 0.3 is 0 Å². The molecular formula is C12H26N4O2. The summed E-state index contributed by atoms with van der Waals surface area (Å²) >= 11 is 0. The first-order chi connectivity index (χ1) is 8.13. The Morgan fingerprint density at radius 2 is 1.78 bits per heavy atom. The average molecular weight is 258 g/mol. The van der Waals surface area contributed by atoms with Crippen LogP contribution in [0.25, 0.3) is 0 Å². The van der Waals surface area contributed by atoms with Gasteiger partial charge in [0.15, 0.2) is 0 Å². The first-order valence-corrected chi connectivity index (χ1v) is 6.12. The molecule has 0 aromatic heterocycles. The van der Waals surface area contributed by atoms with E-state index >= 15 is 0 Å². The molecule has 0 rings (SSSR count). The molecule has 0 aliphatic heterocycles. The number of nitrogens with one attached hydrogen (secondary N) is 1. The van der Waals surface area contributed by atoms with E-state index in [9.17, 15) is 4.79 Å². The number of hydrogen-bond acceptors (Lipinski definition) is 4. The molecule has 0 aromatic carbocycles. The lowest BCUT2D eigenvalue weighted by Crippen LogP contribution is -2.41. The van der Waals surface area contributed by atoms with Gasteiger partial charge in [-0.25, -0.2) is 0 Å². The summed E-state index contributed by atoms with van der Waals surface area (Å²) in [6.07, 6.45) is 1.67. The van der Waals surface area contributed by atoms with Crippen LogP contribution in [-0.4, -0.2) is 30.0 Å². The second-order valence-electron chi connectivity index (χ2n) is 5.90. The fraction of sp³-hybridized carbons (Fsp3) is 0.833. The van der Waals surface area contributed by atoms with E-state index in [1.54, 1.807) is 0 Å². The molecular weight excluding hydrogens is 232 g/mol. The van der Waals surface area contributed by atoms with E-state index in [4.69, 9.17) is 16.7 Å². The molecule has 0 aliphatic carbocycles. The van der Waals surface area contributed by atoms with E-state index in [2.05, 4.69) is 10.5 Å². The van der Waals surface area contributed by atoms with Crippen molar-refractivity contribution in [3.8, 4) is 0 Å². The predicted octanol–water partition coefficient (Wildman–Crippen LogP) is 0.640. The minimum atomic E-state index is -0.541. The van der Waals surface area contributed by atoms with Crippen LogP contribution in [0.4, 0.5) is 0 Å². The molecule has 0 saturated carbocycles. The van der Waals surface area contributed by atoms with Crippen molar-refractivity contribution in [2.45, 2.75) is 40.5 Å². The number of rotatable bonds is 8. The van der Waals surface area contributed by atoms with Crippen molar-refractivity contribution in [3.63, 3.8) is 0 Å². The molecule has 0 saturated heterocycles. The molecule has 6 nitrogen and oxygen atoms in total. The molecule has 0 fully saturated rings. The Hall–Kier alpha value is -1.30. The Morgan fingerprint density at radius 3 is 2.22 bits per heavy atom. The Balaban J connectivity index is 3.92. The number of amidine groups is 1. The van der Waals surface area contributed by atoms with Crippen molar-refractivity contribution < 1.29 is 10.0 Å². The first-order valence-electron chi connectivity index (χ1n) is 6.12. The quantitative estimate of drug-likeness (QED) is 0.168. The Bertz CT molecular complexity index is 311. The number of carbonyl (C=O) groups is 1. The second-order valence-corrected chi connectivity index (χ2v) is 5.90. The third-order valence-electron chi connectivity index (χ3n) is 3.19. The molecule has 6 N–H and O–H groups in total. The minimum Gasteiger partial charge on any atom is -0.409 e. The molecule has 0 unspecified atom stereocenters. The fourth-order valence-corrected chi connectivity index (χ4v) is 1.41. The largest absolute Gasteiger partial charge is 0.409 e. The molecule has 0 bridgehead atoms. The molecule has 0 heterocycles. The van der Waals surface area contributed by atoms with Crippen molar-refractivity contribution in [2.24, 2.45) is 27.5 Å². The monoisotopic (exact) mass is 258 g/mol. The summed E-state index contributed by atoms with van der Waals surface area (Å²) in [4.78, 5) is 11.1. The molecule has 6 heteroatoms. The second kappa shape index (κ2) is 6.58. The zero-order valence-electron chi connectivity index (χ0n) is 11.8. The van der Waals surface area contributed by atoms with Crippen LogP contribution >= 0.6 is 0 Å². The molecule has 106 valence electrons. The Labute approximate surface area is 109 Å². The summed E-state index contributed by atoms with van der Waals surface area (Å²) in [6.45, 7) is 8.78. The summed E-state index contributed by atoms with van der Waals surface area (Å²) < 4.78 is 0. The van der Waals surface area contributed by atoms with Crippen LogP contribution < -0.4 is 16.8 Å². The summed E-state index contributed by atoms with van der Waals surface area (Å²) in [7, 11) is 0. The lowest BCUT2D eigenvalue weighted by Gasteiger charge is -2.24. The van der Waals surface area contributed by atoms with E-state index in [0.717, 1.165) is 19.4 Å². The van der Waals surface area contributed by atoms with Gasteiger partial charge in [0, 0.05) is 12.0 Å². The molecule has 0 aliphatic rings. The smallest absolute Gasteiger partial charge is 0.224 e. The van der Waals surface area contributed by atoms with Crippen LogP contribution in [0, 0.1) is 10.8 Å². The van der Waals surface area contributed by atoms with Crippen molar-refractivity contribution in [2.75, 3.05) is 13.1 Å². The first kappa shape index (κ1) is 16.7. The minimum absolute atomic E-state index is 0.236. The van der Waals surface area contributed by atoms with E-state index in [1.165, 1.54) is 0 Å². The van der Waals surface area contributed by atoms with E-state index in [0.29, 0.717) is 6.54 Å². The van der Waals surface area contributed by atoms with Crippen molar-refractivity contribution >= 4 is 11.7 Å². The number of primary amides is 1. The van der Waals surface area contributed by atoms with Crippen LogP contribution in [0.1, 0.15) is 40.5 Å². The maximum absolute atomic E-state index is 11.1. The highest BCUT2D eigenvalue weighted by atomic mass is 16.4. The highest BCUT2D eigenvalue weighted by Crippen LogP contribution is 2.22. The van der Waals surface area contributed by atoms with E-state index < -0.39 is 5.41 Å². The molecule has 0 aromatic rings. The van der Waals surface area contributed by atoms with Gasteiger partial charge in [0.25, 0.3) is 0 Å². The third-order valence-corrected chi connectivity index (χ3v) is 3.19. The topological polar surface area (TPSA) is 114 Å². The number of oxime groups is 1. The zero-order chi connectivity index (χ0) is 14.4. The van der Waals surface area contributed by atoms with Crippen molar-refractivity contribution in [1.82, 2.24) is 5.32 Å². The number of amides is 1. The van der Waals surface area contributed by atoms with Gasteiger partial charge in [-0.05, 0) is 33.2 Å². The van der Waals surface area contributed by atoms with Gasteiger partial charge in [0.1, 0.15) is 5.84 Å². The van der Waals surface area contributed by atoms with Gasteiger partial charge in [-0.1, -0.05) is 19.0 Å². The molecule has 0 radical (unpaired) electrons. The van der Waals surface area contributed by atoms with Gasteiger partial charge in [-0.2, -0.15) is 0 Å². The van der Waals surface area contributed by atoms with Gasteiger partial charge < -0.3 is 22.0 Å². The maximum atomic E-state index is 11.1. The number of hydrogen-bond donors (Lipinski definition) is 4. The van der Waals surface area contributed by atoms with Gasteiger partial charge in [0.05, 0.1) is 5.41 Å². The van der Waals surface area contributed by atoms with Crippen molar-refractivity contribution in [1.29, 1.82) is 0 Å². The van der Waals surface area contributed by atoms with Gasteiger partial charge in [0.2, 0.25) is 5.91 Å². The number of nitrogens with zero attached hydrogens (tertiary/aromatic N) is 1. The Kier molecular flexibility index (Phi) is 6.11. The summed E-state index contributed by atoms with van der Waals surface area (Å²) in [5, 5.41) is 14.9.